The number of carbonyl (C=O) groups excluding carboxylic acids is 1. The van der Waals surface area contributed by atoms with Gasteiger partial charge < -0.3 is 4.90 Å². The van der Waals surface area contributed by atoms with Crippen LogP contribution in [0, 0.1) is 0 Å². The Hall–Kier alpha value is -1.51. The lowest BCUT2D eigenvalue weighted by molar-refractivity contribution is -0.135. The van der Waals surface area contributed by atoms with E-state index < -0.39 is 0 Å². The van der Waals surface area contributed by atoms with Crippen LogP contribution in [0.3, 0.4) is 0 Å². The third-order valence-corrected chi connectivity index (χ3v) is 4.83. The van der Waals surface area contributed by atoms with E-state index in [-0.39, 0.29) is 11.8 Å². The molecular weight excluding hydrogens is 317 g/mol. The molecular formula is C18H17Cl2NO. The Labute approximate surface area is 140 Å². The number of benzene rings is 2. The van der Waals surface area contributed by atoms with Gasteiger partial charge in [-0.3, -0.25) is 4.79 Å². The van der Waals surface area contributed by atoms with Crippen LogP contribution >= 0.6 is 23.2 Å². The topological polar surface area (TPSA) is 20.3 Å². The van der Waals surface area contributed by atoms with E-state index in [9.17, 15) is 4.79 Å². The summed E-state index contributed by atoms with van der Waals surface area (Å²) in [4.78, 5) is 14.7. The van der Waals surface area contributed by atoms with Gasteiger partial charge in [-0.2, -0.15) is 0 Å². The molecule has 4 heteroatoms. The summed E-state index contributed by atoms with van der Waals surface area (Å²) < 4.78 is 0. The Bertz CT molecular complexity index is 672. The molecule has 1 aliphatic rings. The molecule has 1 amide bonds. The van der Waals surface area contributed by atoms with Gasteiger partial charge in [0, 0.05) is 13.1 Å². The maximum absolute atomic E-state index is 12.8. The molecule has 22 heavy (non-hydrogen) atoms. The van der Waals surface area contributed by atoms with Crippen molar-refractivity contribution in [1.82, 2.24) is 4.90 Å². The first-order chi connectivity index (χ1) is 10.6. The second-order valence-electron chi connectivity index (χ2n) is 5.61. The number of nitrogens with zero attached hydrogens (tertiary/aromatic N) is 1. The van der Waals surface area contributed by atoms with Gasteiger partial charge in [0.25, 0.3) is 0 Å². The second-order valence-corrected chi connectivity index (χ2v) is 6.43. The van der Waals surface area contributed by atoms with Crippen LogP contribution in [0.25, 0.3) is 0 Å². The van der Waals surface area contributed by atoms with Crippen molar-refractivity contribution in [2.45, 2.75) is 25.3 Å². The van der Waals surface area contributed by atoms with Crippen LogP contribution in [0.5, 0.6) is 0 Å². The summed E-state index contributed by atoms with van der Waals surface area (Å²) in [5.74, 6) is 0.0562. The molecule has 1 heterocycles. The van der Waals surface area contributed by atoms with E-state index in [1.807, 2.05) is 35.2 Å². The van der Waals surface area contributed by atoms with Crippen molar-refractivity contribution in [3.05, 3.63) is 69.7 Å². The average molecular weight is 334 g/mol. The van der Waals surface area contributed by atoms with Gasteiger partial charge in [0.1, 0.15) is 0 Å². The number of likely N-dealkylation sites (tertiary alicyclic amines) is 1. The van der Waals surface area contributed by atoms with E-state index in [0.717, 1.165) is 30.5 Å². The summed E-state index contributed by atoms with van der Waals surface area (Å²) in [6.45, 7) is 1.48. The van der Waals surface area contributed by atoms with Crippen molar-refractivity contribution in [2.24, 2.45) is 0 Å². The first-order valence-corrected chi connectivity index (χ1v) is 8.18. The molecule has 1 aliphatic heterocycles. The number of hydrogen-bond acceptors (Lipinski definition) is 1. The zero-order valence-electron chi connectivity index (χ0n) is 12.1. The standard InChI is InChI=1S/C18H17Cl2NO/c19-16-9-8-14(11-17(16)20)15-7-4-10-21(18(15)22)12-13-5-2-1-3-6-13/h1-3,5-6,8-9,11,15H,4,7,10,12H2. The highest BCUT2D eigenvalue weighted by Crippen LogP contribution is 2.32. The van der Waals surface area contributed by atoms with E-state index in [1.54, 1.807) is 6.07 Å². The third kappa shape index (κ3) is 3.29. The molecule has 114 valence electrons. The van der Waals surface area contributed by atoms with Gasteiger partial charge in [-0.15, -0.1) is 0 Å². The van der Waals surface area contributed by atoms with Crippen molar-refractivity contribution in [3.63, 3.8) is 0 Å². The van der Waals surface area contributed by atoms with E-state index in [4.69, 9.17) is 23.2 Å². The Morgan fingerprint density at radius 2 is 1.82 bits per heavy atom. The predicted molar refractivity (Wildman–Crippen MR) is 90.3 cm³/mol. The van der Waals surface area contributed by atoms with Gasteiger partial charge in [0.2, 0.25) is 5.91 Å². The maximum Gasteiger partial charge on any atom is 0.230 e. The molecule has 1 unspecified atom stereocenters. The monoisotopic (exact) mass is 333 g/mol. The summed E-state index contributed by atoms with van der Waals surface area (Å²) in [5, 5.41) is 1.03. The van der Waals surface area contributed by atoms with Crippen molar-refractivity contribution in [3.8, 4) is 0 Å². The van der Waals surface area contributed by atoms with E-state index in [0.29, 0.717) is 16.6 Å². The van der Waals surface area contributed by atoms with Crippen molar-refractivity contribution < 1.29 is 4.79 Å². The highest BCUT2D eigenvalue weighted by atomic mass is 35.5. The van der Waals surface area contributed by atoms with Gasteiger partial charge in [-0.05, 0) is 36.1 Å². The van der Waals surface area contributed by atoms with Crippen molar-refractivity contribution in [2.75, 3.05) is 6.54 Å². The highest BCUT2D eigenvalue weighted by Gasteiger charge is 2.30. The fraction of sp³-hybridized carbons (Fsp3) is 0.278. The second kappa shape index (κ2) is 6.72. The summed E-state index contributed by atoms with van der Waals surface area (Å²) in [6, 6.07) is 15.6. The Balaban J connectivity index is 1.79. The smallest absolute Gasteiger partial charge is 0.230 e. The molecule has 0 aromatic heterocycles. The van der Waals surface area contributed by atoms with Gasteiger partial charge in [-0.25, -0.2) is 0 Å². The molecule has 0 bridgehead atoms. The predicted octanol–water partition coefficient (Wildman–Crippen LogP) is 4.90. The minimum absolute atomic E-state index is 0.118. The van der Waals surface area contributed by atoms with E-state index in [1.165, 1.54) is 0 Å². The SMILES string of the molecule is O=C1C(c2ccc(Cl)c(Cl)c2)CCCN1Cc1ccccc1. The highest BCUT2D eigenvalue weighted by molar-refractivity contribution is 6.42. The zero-order chi connectivity index (χ0) is 15.5. The van der Waals surface area contributed by atoms with Crippen molar-refractivity contribution in [1.29, 1.82) is 0 Å². The van der Waals surface area contributed by atoms with E-state index in [2.05, 4.69) is 12.1 Å². The summed E-state index contributed by atoms with van der Waals surface area (Å²) in [6.07, 6.45) is 1.87. The molecule has 0 N–H and O–H groups in total. The minimum atomic E-state index is -0.118. The van der Waals surface area contributed by atoms with Crippen LogP contribution in [0.2, 0.25) is 10.0 Å². The number of piperidine rings is 1. The lowest BCUT2D eigenvalue weighted by Crippen LogP contribution is -2.39. The van der Waals surface area contributed by atoms with Crippen LogP contribution < -0.4 is 0 Å². The van der Waals surface area contributed by atoms with Crippen LogP contribution in [-0.2, 0) is 11.3 Å². The Morgan fingerprint density at radius 1 is 1.05 bits per heavy atom. The fourth-order valence-corrected chi connectivity index (χ4v) is 3.25. The third-order valence-electron chi connectivity index (χ3n) is 4.09. The lowest BCUT2D eigenvalue weighted by Gasteiger charge is -2.32. The number of rotatable bonds is 3. The summed E-state index contributed by atoms with van der Waals surface area (Å²) in [5.41, 5.74) is 2.11. The normalized spacial score (nSPS) is 18.5. The van der Waals surface area contributed by atoms with Crippen molar-refractivity contribution >= 4 is 29.1 Å². The molecule has 1 fully saturated rings. The maximum atomic E-state index is 12.8. The Kier molecular flexibility index (Phi) is 4.70. The molecule has 0 radical (unpaired) electrons. The average Bonchev–Trinajstić information content (AvgIpc) is 2.53. The molecule has 2 aromatic rings. The lowest BCUT2D eigenvalue weighted by atomic mass is 9.89. The van der Waals surface area contributed by atoms with E-state index >= 15 is 0 Å². The van der Waals surface area contributed by atoms with Gasteiger partial charge in [-0.1, -0.05) is 59.6 Å². The molecule has 0 saturated carbocycles. The molecule has 0 spiro atoms. The number of hydrogen-bond donors (Lipinski definition) is 0. The summed E-state index contributed by atoms with van der Waals surface area (Å²) in [7, 11) is 0. The van der Waals surface area contributed by atoms with Crippen LogP contribution in [0.1, 0.15) is 29.9 Å². The molecule has 1 saturated heterocycles. The minimum Gasteiger partial charge on any atom is -0.338 e. The quantitative estimate of drug-likeness (QED) is 0.782. The zero-order valence-corrected chi connectivity index (χ0v) is 13.6. The number of carbonyl (C=O) groups is 1. The number of amides is 1. The molecule has 2 nitrogen and oxygen atoms in total. The van der Waals surface area contributed by atoms with Gasteiger partial charge in [0.05, 0.1) is 16.0 Å². The van der Waals surface area contributed by atoms with Gasteiger partial charge in [0.15, 0.2) is 0 Å². The number of halogens is 2. The fourth-order valence-electron chi connectivity index (χ4n) is 2.94. The van der Waals surface area contributed by atoms with Gasteiger partial charge >= 0.3 is 0 Å². The van der Waals surface area contributed by atoms with Crippen LogP contribution in [0.4, 0.5) is 0 Å². The van der Waals surface area contributed by atoms with Crippen LogP contribution in [-0.4, -0.2) is 17.4 Å². The Morgan fingerprint density at radius 3 is 2.55 bits per heavy atom. The van der Waals surface area contributed by atoms with Crippen LogP contribution in [0.15, 0.2) is 48.5 Å². The first kappa shape index (κ1) is 15.4. The first-order valence-electron chi connectivity index (χ1n) is 7.43. The molecule has 1 atom stereocenters. The molecule has 0 aliphatic carbocycles. The largest absolute Gasteiger partial charge is 0.338 e. The molecule has 3 rings (SSSR count). The summed E-state index contributed by atoms with van der Waals surface area (Å²) >= 11 is 12.1. The molecule has 2 aromatic carbocycles.